The summed E-state index contributed by atoms with van der Waals surface area (Å²) in [5, 5.41) is 0. The second kappa shape index (κ2) is 7.98. The van der Waals surface area contributed by atoms with Crippen LogP contribution in [0.2, 0.25) is 0 Å². The lowest BCUT2D eigenvalue weighted by molar-refractivity contribution is -0.153. The van der Waals surface area contributed by atoms with E-state index in [4.69, 9.17) is 9.47 Å². The summed E-state index contributed by atoms with van der Waals surface area (Å²) in [6.07, 6.45) is 3.23. The Bertz CT molecular complexity index is 609. The lowest BCUT2D eigenvalue weighted by Crippen LogP contribution is -2.26. The van der Waals surface area contributed by atoms with E-state index in [2.05, 4.69) is 0 Å². The first-order valence-electron chi connectivity index (χ1n) is 8.67. The van der Waals surface area contributed by atoms with Crippen molar-refractivity contribution < 1.29 is 23.9 Å². The molecule has 1 aliphatic rings. The summed E-state index contributed by atoms with van der Waals surface area (Å²) in [4.78, 5) is 36.5. The van der Waals surface area contributed by atoms with Gasteiger partial charge in [0.25, 0.3) is 0 Å². The quantitative estimate of drug-likeness (QED) is 0.433. The van der Waals surface area contributed by atoms with Crippen LogP contribution in [0.5, 0.6) is 0 Å². The Kier molecular flexibility index (Phi) is 6.75. The molecule has 0 aromatic heterocycles. The Morgan fingerprint density at radius 1 is 1.04 bits per heavy atom. The van der Waals surface area contributed by atoms with E-state index in [0.29, 0.717) is 24.2 Å². The molecular weight excluding hydrogens is 320 g/mol. The highest BCUT2D eigenvalue weighted by Gasteiger charge is 2.29. The minimum Gasteiger partial charge on any atom is -0.465 e. The van der Waals surface area contributed by atoms with Crippen molar-refractivity contribution in [3.8, 4) is 0 Å². The van der Waals surface area contributed by atoms with Crippen LogP contribution in [-0.4, -0.2) is 24.3 Å². The first-order chi connectivity index (χ1) is 11.3. The maximum atomic E-state index is 12.3. The molecule has 0 spiro atoms. The van der Waals surface area contributed by atoms with Gasteiger partial charge in [0.1, 0.15) is 5.76 Å². The third-order valence-corrected chi connectivity index (χ3v) is 3.78. The lowest BCUT2D eigenvalue weighted by Gasteiger charge is -2.23. The van der Waals surface area contributed by atoms with Crippen LogP contribution in [-0.2, 0) is 23.9 Å². The fourth-order valence-corrected chi connectivity index (χ4v) is 2.19. The number of Topliss-reactive ketones (excluding diaryl/α,β-unsaturated/α-hetero) is 1. The van der Waals surface area contributed by atoms with Crippen molar-refractivity contribution in [2.24, 2.45) is 10.8 Å². The van der Waals surface area contributed by atoms with E-state index in [-0.39, 0.29) is 24.8 Å². The van der Waals surface area contributed by atoms with Gasteiger partial charge in [0.15, 0.2) is 5.78 Å². The number of ketones is 1. The van der Waals surface area contributed by atoms with Gasteiger partial charge in [0.05, 0.1) is 23.0 Å². The molecule has 1 aliphatic carbocycles. The third-order valence-electron chi connectivity index (χ3n) is 3.78. The molecule has 0 heterocycles. The molecule has 5 heteroatoms. The summed E-state index contributed by atoms with van der Waals surface area (Å²) < 4.78 is 10.8. The Labute approximate surface area is 150 Å². The van der Waals surface area contributed by atoms with Gasteiger partial charge >= 0.3 is 11.9 Å². The van der Waals surface area contributed by atoms with Crippen LogP contribution < -0.4 is 0 Å². The Hall–Kier alpha value is -1.91. The van der Waals surface area contributed by atoms with Crippen LogP contribution >= 0.6 is 0 Å². The molecule has 0 unspecified atom stereocenters. The predicted octanol–water partition coefficient (Wildman–Crippen LogP) is 4.12. The van der Waals surface area contributed by atoms with Crippen LogP contribution in [0.25, 0.3) is 0 Å². The molecule has 1 rings (SSSR count). The first kappa shape index (κ1) is 21.1. The molecule has 0 aliphatic heterocycles. The van der Waals surface area contributed by atoms with E-state index in [0.717, 1.165) is 5.57 Å². The van der Waals surface area contributed by atoms with Crippen molar-refractivity contribution in [2.75, 3.05) is 6.61 Å². The van der Waals surface area contributed by atoms with E-state index >= 15 is 0 Å². The fourth-order valence-electron chi connectivity index (χ4n) is 2.19. The zero-order valence-electron chi connectivity index (χ0n) is 16.4. The number of ether oxygens (including phenoxy) is 2. The van der Waals surface area contributed by atoms with Crippen LogP contribution in [0.1, 0.15) is 67.7 Å². The summed E-state index contributed by atoms with van der Waals surface area (Å²) in [5.74, 6) is -0.497. The van der Waals surface area contributed by atoms with Crippen molar-refractivity contribution in [1.82, 2.24) is 0 Å². The van der Waals surface area contributed by atoms with E-state index in [1.54, 1.807) is 41.5 Å². The lowest BCUT2D eigenvalue weighted by atomic mass is 9.91. The topological polar surface area (TPSA) is 69.7 Å². The van der Waals surface area contributed by atoms with Crippen molar-refractivity contribution in [3.63, 3.8) is 0 Å². The molecule has 0 N–H and O–H groups in total. The Morgan fingerprint density at radius 2 is 1.60 bits per heavy atom. The van der Waals surface area contributed by atoms with E-state index in [1.807, 2.05) is 13.0 Å². The molecular formula is C20H30O5. The number of hydrogen-bond acceptors (Lipinski definition) is 5. The standard InChI is InChI=1S/C20H30O5/c1-13-9-8-10-14(21)16(13)15(25-18(23)20(5,6)7)11-12-24-17(22)19(2,3)4/h9H,8,10-12H2,1-7H3/b16-15+. The van der Waals surface area contributed by atoms with Gasteiger partial charge in [-0.05, 0) is 60.5 Å². The van der Waals surface area contributed by atoms with Gasteiger partial charge in [-0.1, -0.05) is 6.08 Å². The number of hydrogen-bond donors (Lipinski definition) is 0. The summed E-state index contributed by atoms with van der Waals surface area (Å²) in [7, 11) is 0. The normalized spacial score (nSPS) is 17.7. The highest BCUT2D eigenvalue weighted by molar-refractivity contribution is 6.01. The van der Waals surface area contributed by atoms with Gasteiger partial charge < -0.3 is 9.47 Å². The van der Waals surface area contributed by atoms with Crippen molar-refractivity contribution in [3.05, 3.63) is 23.0 Å². The van der Waals surface area contributed by atoms with Gasteiger partial charge in [-0.25, -0.2) is 0 Å². The SMILES string of the molecule is CC1=CCCC(=O)/C1=C(\CCOC(=O)C(C)(C)C)OC(=O)C(C)(C)C. The van der Waals surface area contributed by atoms with Gasteiger partial charge in [0, 0.05) is 12.8 Å². The van der Waals surface area contributed by atoms with Crippen LogP contribution in [0, 0.1) is 10.8 Å². The van der Waals surface area contributed by atoms with Gasteiger partial charge in [-0.3, -0.25) is 14.4 Å². The summed E-state index contributed by atoms with van der Waals surface area (Å²) in [5.41, 5.74) is -0.0551. The van der Waals surface area contributed by atoms with Gasteiger partial charge in [-0.2, -0.15) is 0 Å². The number of carbonyl (C=O) groups excluding carboxylic acids is 3. The molecule has 0 radical (unpaired) electrons. The Morgan fingerprint density at radius 3 is 2.08 bits per heavy atom. The van der Waals surface area contributed by atoms with Gasteiger partial charge in [0.2, 0.25) is 0 Å². The van der Waals surface area contributed by atoms with E-state index in [1.165, 1.54) is 0 Å². The third kappa shape index (κ3) is 6.15. The average Bonchev–Trinajstić information content (AvgIpc) is 2.44. The van der Waals surface area contributed by atoms with Crippen molar-refractivity contribution in [2.45, 2.75) is 67.7 Å². The zero-order chi connectivity index (χ0) is 19.4. The average molecular weight is 350 g/mol. The molecule has 140 valence electrons. The first-order valence-corrected chi connectivity index (χ1v) is 8.67. The molecule has 0 saturated carbocycles. The zero-order valence-corrected chi connectivity index (χ0v) is 16.4. The number of carbonyl (C=O) groups is 3. The number of esters is 2. The second-order valence-electron chi connectivity index (χ2n) is 8.42. The molecule has 0 bridgehead atoms. The number of rotatable bonds is 4. The van der Waals surface area contributed by atoms with Gasteiger partial charge in [-0.15, -0.1) is 0 Å². The highest BCUT2D eigenvalue weighted by Crippen LogP contribution is 2.28. The fraction of sp³-hybridized carbons (Fsp3) is 0.650. The van der Waals surface area contributed by atoms with Crippen LogP contribution in [0.4, 0.5) is 0 Å². The van der Waals surface area contributed by atoms with Crippen LogP contribution in [0.15, 0.2) is 23.0 Å². The summed E-state index contributed by atoms with van der Waals surface area (Å²) in [6.45, 7) is 12.5. The number of allylic oxidation sites excluding steroid dienone is 3. The largest absolute Gasteiger partial charge is 0.465 e. The maximum absolute atomic E-state index is 12.3. The minimum absolute atomic E-state index is 0.0427. The minimum atomic E-state index is -0.691. The summed E-state index contributed by atoms with van der Waals surface area (Å²) in [6, 6.07) is 0. The van der Waals surface area contributed by atoms with E-state index in [9.17, 15) is 14.4 Å². The molecule has 0 aromatic carbocycles. The second-order valence-corrected chi connectivity index (χ2v) is 8.42. The van der Waals surface area contributed by atoms with Crippen LogP contribution in [0.3, 0.4) is 0 Å². The molecule has 0 fully saturated rings. The predicted molar refractivity (Wildman–Crippen MR) is 95.6 cm³/mol. The monoisotopic (exact) mass is 350 g/mol. The highest BCUT2D eigenvalue weighted by atomic mass is 16.6. The smallest absolute Gasteiger partial charge is 0.316 e. The van der Waals surface area contributed by atoms with Crippen molar-refractivity contribution >= 4 is 17.7 Å². The molecule has 0 aromatic rings. The summed E-state index contributed by atoms with van der Waals surface area (Å²) >= 11 is 0. The maximum Gasteiger partial charge on any atom is 0.316 e. The Balaban J connectivity index is 3.03. The molecule has 25 heavy (non-hydrogen) atoms. The molecule has 0 saturated heterocycles. The van der Waals surface area contributed by atoms with E-state index < -0.39 is 16.8 Å². The van der Waals surface area contributed by atoms with Crippen molar-refractivity contribution in [1.29, 1.82) is 0 Å². The molecule has 0 atom stereocenters. The molecule has 5 nitrogen and oxygen atoms in total. The molecule has 0 amide bonds.